The van der Waals surface area contributed by atoms with Crippen LogP contribution in [-0.2, 0) is 13.1 Å². The number of benzene rings is 1. The van der Waals surface area contributed by atoms with Gasteiger partial charge in [-0.3, -0.25) is 0 Å². The first-order valence-electron chi connectivity index (χ1n) is 8.66. The Labute approximate surface area is 159 Å². The molecule has 5 N–H and O–H groups in total. The van der Waals surface area contributed by atoms with E-state index in [1.54, 1.807) is 30.6 Å². The summed E-state index contributed by atoms with van der Waals surface area (Å²) in [5.74, 6) is 0.742. The predicted octanol–water partition coefficient (Wildman–Crippen LogP) is 2.23. The lowest BCUT2D eigenvalue weighted by atomic mass is 10.2. The highest BCUT2D eigenvalue weighted by atomic mass is 19.1. The van der Waals surface area contributed by atoms with Gasteiger partial charge in [0.1, 0.15) is 17.0 Å². The minimum Gasteiger partial charge on any atom is -0.368 e. The van der Waals surface area contributed by atoms with Crippen molar-refractivity contribution in [2.75, 3.05) is 11.1 Å². The Morgan fingerprint density at radius 1 is 1.14 bits per heavy atom. The standard InChI is InChI=1S/C18H18FN9/c1-2-28-15(13-5-6-22-17(21)26-13)25-14-9-23-18(27-16(14)28)24-11-4-3-10(8-20)12(19)7-11/h3-7,9H,2,8,20H2,1H3,(H2,21,22,26)(H,23,24,27). The molecule has 0 unspecified atom stereocenters. The molecule has 4 aromatic rings. The molecule has 3 heterocycles. The number of nitrogens with zero attached hydrogens (tertiary/aromatic N) is 6. The maximum Gasteiger partial charge on any atom is 0.229 e. The quantitative estimate of drug-likeness (QED) is 0.481. The van der Waals surface area contributed by atoms with Gasteiger partial charge in [0.25, 0.3) is 0 Å². The zero-order valence-corrected chi connectivity index (χ0v) is 15.1. The number of nitrogens with one attached hydrogen (secondary N) is 1. The fourth-order valence-electron chi connectivity index (χ4n) is 2.89. The molecule has 28 heavy (non-hydrogen) atoms. The number of nitrogens with two attached hydrogens (primary N) is 2. The Hall–Kier alpha value is -3.66. The van der Waals surface area contributed by atoms with E-state index in [9.17, 15) is 4.39 Å². The van der Waals surface area contributed by atoms with Crippen LogP contribution in [-0.4, -0.2) is 29.5 Å². The monoisotopic (exact) mass is 379 g/mol. The van der Waals surface area contributed by atoms with Crippen LogP contribution in [0.1, 0.15) is 12.5 Å². The number of rotatable bonds is 5. The molecule has 0 spiro atoms. The topological polar surface area (TPSA) is 133 Å². The van der Waals surface area contributed by atoms with Gasteiger partial charge in [0.15, 0.2) is 11.5 Å². The van der Waals surface area contributed by atoms with Crippen LogP contribution in [0.4, 0.5) is 22.0 Å². The van der Waals surface area contributed by atoms with Crippen molar-refractivity contribution >= 4 is 28.7 Å². The Morgan fingerprint density at radius 2 is 2.00 bits per heavy atom. The van der Waals surface area contributed by atoms with Gasteiger partial charge < -0.3 is 21.4 Å². The second-order valence-electron chi connectivity index (χ2n) is 6.02. The van der Waals surface area contributed by atoms with E-state index in [0.717, 1.165) is 0 Å². The minimum absolute atomic E-state index is 0.139. The molecule has 0 saturated carbocycles. The Bertz CT molecular complexity index is 1160. The highest BCUT2D eigenvalue weighted by Gasteiger charge is 2.15. The van der Waals surface area contributed by atoms with E-state index in [0.29, 0.717) is 46.4 Å². The van der Waals surface area contributed by atoms with Crippen molar-refractivity contribution < 1.29 is 4.39 Å². The lowest BCUT2D eigenvalue weighted by Crippen LogP contribution is -2.04. The summed E-state index contributed by atoms with van der Waals surface area (Å²) < 4.78 is 15.9. The van der Waals surface area contributed by atoms with E-state index in [2.05, 4.69) is 30.2 Å². The van der Waals surface area contributed by atoms with Crippen molar-refractivity contribution in [2.45, 2.75) is 20.0 Å². The summed E-state index contributed by atoms with van der Waals surface area (Å²) in [6, 6.07) is 6.45. The number of nitrogen functional groups attached to an aromatic ring is 1. The number of aromatic nitrogens is 6. The van der Waals surface area contributed by atoms with E-state index >= 15 is 0 Å². The molecule has 0 aliphatic carbocycles. The number of hydrogen-bond acceptors (Lipinski definition) is 8. The van der Waals surface area contributed by atoms with E-state index < -0.39 is 0 Å². The smallest absolute Gasteiger partial charge is 0.229 e. The molecule has 0 saturated heterocycles. The molecule has 10 heteroatoms. The van der Waals surface area contributed by atoms with Crippen LogP contribution < -0.4 is 16.8 Å². The summed E-state index contributed by atoms with van der Waals surface area (Å²) in [5.41, 5.74) is 14.0. The zero-order chi connectivity index (χ0) is 19.7. The van der Waals surface area contributed by atoms with Crippen LogP contribution in [0.15, 0.2) is 36.7 Å². The van der Waals surface area contributed by atoms with Crippen molar-refractivity contribution in [1.82, 2.24) is 29.5 Å². The first-order chi connectivity index (χ1) is 13.6. The average Bonchev–Trinajstić information content (AvgIpc) is 3.06. The third-order valence-electron chi connectivity index (χ3n) is 4.24. The fourth-order valence-corrected chi connectivity index (χ4v) is 2.89. The van der Waals surface area contributed by atoms with Gasteiger partial charge in [0.05, 0.1) is 6.20 Å². The molecule has 0 bridgehead atoms. The van der Waals surface area contributed by atoms with E-state index in [1.165, 1.54) is 6.07 Å². The second-order valence-corrected chi connectivity index (χ2v) is 6.02. The van der Waals surface area contributed by atoms with Crippen LogP contribution in [0.25, 0.3) is 22.7 Å². The molecule has 9 nitrogen and oxygen atoms in total. The molecule has 142 valence electrons. The van der Waals surface area contributed by atoms with Gasteiger partial charge in [0.2, 0.25) is 11.9 Å². The first kappa shape index (κ1) is 17.7. The Balaban J connectivity index is 1.73. The molecule has 1 aromatic carbocycles. The summed E-state index contributed by atoms with van der Waals surface area (Å²) in [6.07, 6.45) is 3.19. The van der Waals surface area contributed by atoms with Gasteiger partial charge in [0, 0.05) is 30.5 Å². The number of fused-ring (bicyclic) bond motifs is 1. The zero-order valence-electron chi connectivity index (χ0n) is 15.1. The molecular weight excluding hydrogens is 361 g/mol. The van der Waals surface area contributed by atoms with Crippen molar-refractivity contribution in [1.29, 1.82) is 0 Å². The molecule has 4 rings (SSSR count). The van der Waals surface area contributed by atoms with Crippen molar-refractivity contribution in [3.63, 3.8) is 0 Å². The highest BCUT2D eigenvalue weighted by Crippen LogP contribution is 2.24. The van der Waals surface area contributed by atoms with E-state index in [-0.39, 0.29) is 18.3 Å². The SMILES string of the molecule is CCn1c(-c2ccnc(N)n2)nc2cnc(Nc3ccc(CN)c(F)c3)nc21. The Kier molecular flexibility index (Phi) is 4.53. The predicted molar refractivity (Wildman–Crippen MR) is 104 cm³/mol. The minimum atomic E-state index is -0.379. The second kappa shape index (κ2) is 7.16. The van der Waals surface area contributed by atoms with E-state index in [1.807, 2.05) is 11.5 Å². The molecular formula is C18H18FN9. The van der Waals surface area contributed by atoms with E-state index in [4.69, 9.17) is 11.5 Å². The van der Waals surface area contributed by atoms with Gasteiger partial charge >= 0.3 is 0 Å². The molecule has 0 aliphatic heterocycles. The molecule has 0 atom stereocenters. The van der Waals surface area contributed by atoms with Crippen LogP contribution >= 0.6 is 0 Å². The molecule has 0 radical (unpaired) electrons. The van der Waals surface area contributed by atoms with Crippen molar-refractivity contribution in [2.24, 2.45) is 5.73 Å². The number of hydrogen-bond donors (Lipinski definition) is 3. The van der Waals surface area contributed by atoms with Crippen molar-refractivity contribution in [3.05, 3.63) is 48.0 Å². The summed E-state index contributed by atoms with van der Waals surface area (Å²) in [6.45, 7) is 2.73. The molecule has 0 aliphatic rings. The summed E-state index contributed by atoms with van der Waals surface area (Å²) in [7, 11) is 0. The Morgan fingerprint density at radius 3 is 2.71 bits per heavy atom. The summed E-state index contributed by atoms with van der Waals surface area (Å²) in [5, 5.41) is 3.01. The maximum absolute atomic E-state index is 14.0. The van der Waals surface area contributed by atoms with Gasteiger partial charge in [-0.25, -0.2) is 24.3 Å². The molecule has 3 aromatic heterocycles. The largest absolute Gasteiger partial charge is 0.368 e. The third-order valence-corrected chi connectivity index (χ3v) is 4.24. The van der Waals surface area contributed by atoms with Crippen LogP contribution in [0.3, 0.4) is 0 Å². The van der Waals surface area contributed by atoms with Crippen molar-refractivity contribution in [3.8, 4) is 11.5 Å². The third kappa shape index (κ3) is 3.21. The maximum atomic E-state index is 14.0. The lowest BCUT2D eigenvalue weighted by molar-refractivity contribution is 0.611. The number of halogens is 1. The van der Waals surface area contributed by atoms with Gasteiger partial charge in [-0.05, 0) is 25.1 Å². The number of anilines is 3. The summed E-state index contributed by atoms with van der Waals surface area (Å²) >= 11 is 0. The summed E-state index contributed by atoms with van der Waals surface area (Å²) in [4.78, 5) is 21.5. The van der Waals surface area contributed by atoms with Crippen LogP contribution in [0.5, 0.6) is 0 Å². The molecule has 0 amide bonds. The van der Waals surface area contributed by atoms with Crippen LogP contribution in [0.2, 0.25) is 0 Å². The van der Waals surface area contributed by atoms with Gasteiger partial charge in [-0.2, -0.15) is 4.98 Å². The van der Waals surface area contributed by atoms with Crippen LogP contribution in [0, 0.1) is 5.82 Å². The number of aryl methyl sites for hydroxylation is 1. The van der Waals surface area contributed by atoms with Gasteiger partial charge in [-0.1, -0.05) is 6.07 Å². The molecule has 0 fully saturated rings. The highest BCUT2D eigenvalue weighted by molar-refractivity contribution is 5.77. The lowest BCUT2D eigenvalue weighted by Gasteiger charge is -2.08. The normalized spacial score (nSPS) is 11.1. The number of imidazole rings is 1. The van der Waals surface area contributed by atoms with Gasteiger partial charge in [-0.15, -0.1) is 0 Å². The fraction of sp³-hybridized carbons (Fsp3) is 0.167. The first-order valence-corrected chi connectivity index (χ1v) is 8.66. The average molecular weight is 379 g/mol.